The summed E-state index contributed by atoms with van der Waals surface area (Å²) in [6.45, 7) is 5.47. The minimum absolute atomic E-state index is 0.0816. The molecule has 1 fully saturated rings. The molecule has 3 aromatic carbocycles. The van der Waals surface area contributed by atoms with Gasteiger partial charge in [0.15, 0.2) is 11.5 Å². The van der Waals surface area contributed by atoms with Crippen molar-refractivity contribution in [1.82, 2.24) is 4.90 Å². The van der Waals surface area contributed by atoms with E-state index < -0.39 is 29.6 Å². The molecule has 0 atom stereocenters. The number of esters is 1. The number of imide groups is 1. The quantitative estimate of drug-likeness (QED) is 0.139. The Labute approximate surface area is 258 Å². The Morgan fingerprint density at radius 3 is 2.56 bits per heavy atom. The standard InChI is InChI=1S/C32H29ClN2O7S/c1-4-9-22-14-21(15-26(40-3)29(22)42-19-20-10-7-6-8-11-20)16-27-30(37)35(32(39)43-27)18-28(36)34-23-12-13-25(33)24(17-23)31(38)41-5-2/h4,6-8,10-17H,1,5,9,18-19H2,2-3H3,(H,34,36)/b27-16-. The molecule has 1 aliphatic rings. The SMILES string of the molecule is C=CCc1cc(/C=C2\SC(=O)N(CC(=O)Nc3ccc(Cl)c(C(=O)OCC)c3)C2=O)cc(OC)c1OCc1ccccc1. The summed E-state index contributed by atoms with van der Waals surface area (Å²) in [5.74, 6) is -0.854. The van der Waals surface area contributed by atoms with Crippen LogP contribution in [0.1, 0.15) is 34.0 Å². The maximum Gasteiger partial charge on any atom is 0.339 e. The molecule has 0 bridgehead atoms. The van der Waals surface area contributed by atoms with E-state index in [2.05, 4.69) is 11.9 Å². The van der Waals surface area contributed by atoms with Gasteiger partial charge in [0.1, 0.15) is 13.2 Å². The van der Waals surface area contributed by atoms with E-state index in [1.54, 1.807) is 25.1 Å². The highest BCUT2D eigenvalue weighted by Crippen LogP contribution is 2.37. The topological polar surface area (TPSA) is 111 Å². The van der Waals surface area contributed by atoms with E-state index in [1.165, 1.54) is 25.3 Å². The molecule has 1 saturated heterocycles. The molecule has 1 heterocycles. The van der Waals surface area contributed by atoms with Crippen molar-refractivity contribution in [2.24, 2.45) is 0 Å². The molecule has 0 radical (unpaired) electrons. The first kappa shape index (κ1) is 31.4. The van der Waals surface area contributed by atoms with Gasteiger partial charge in [-0.2, -0.15) is 0 Å². The van der Waals surface area contributed by atoms with E-state index in [-0.39, 0.29) is 27.8 Å². The van der Waals surface area contributed by atoms with Crippen LogP contribution in [0, 0.1) is 0 Å². The predicted molar refractivity (Wildman–Crippen MR) is 166 cm³/mol. The Bertz CT molecular complexity index is 1590. The number of hydrogen-bond donors (Lipinski definition) is 1. The van der Waals surface area contributed by atoms with Crippen molar-refractivity contribution in [1.29, 1.82) is 0 Å². The van der Waals surface area contributed by atoms with Crippen LogP contribution in [-0.2, 0) is 27.4 Å². The number of amides is 3. The molecule has 0 saturated carbocycles. The molecule has 3 amide bonds. The number of anilines is 1. The maximum atomic E-state index is 13.1. The van der Waals surface area contributed by atoms with Gasteiger partial charge in [-0.15, -0.1) is 6.58 Å². The molecule has 43 heavy (non-hydrogen) atoms. The van der Waals surface area contributed by atoms with E-state index in [4.69, 9.17) is 25.8 Å². The van der Waals surface area contributed by atoms with Gasteiger partial charge >= 0.3 is 5.97 Å². The molecular weight excluding hydrogens is 592 g/mol. The Hall–Kier alpha value is -4.54. The van der Waals surface area contributed by atoms with Gasteiger partial charge in [0.05, 0.1) is 29.2 Å². The number of allylic oxidation sites excluding steroid dienone is 1. The fourth-order valence-electron chi connectivity index (χ4n) is 4.22. The van der Waals surface area contributed by atoms with E-state index in [1.807, 2.05) is 36.4 Å². The largest absolute Gasteiger partial charge is 0.493 e. The summed E-state index contributed by atoms with van der Waals surface area (Å²) in [6, 6.07) is 17.6. The fraction of sp³-hybridized carbons (Fsp3) is 0.188. The molecule has 3 aromatic rings. The molecule has 9 nitrogen and oxygen atoms in total. The number of halogens is 1. The first-order valence-corrected chi connectivity index (χ1v) is 14.4. The monoisotopic (exact) mass is 620 g/mol. The van der Waals surface area contributed by atoms with Crippen LogP contribution in [0.2, 0.25) is 5.02 Å². The van der Waals surface area contributed by atoms with Crippen molar-refractivity contribution in [3.05, 3.63) is 106 Å². The van der Waals surface area contributed by atoms with Crippen LogP contribution in [-0.4, -0.2) is 48.2 Å². The first-order valence-electron chi connectivity index (χ1n) is 13.2. The summed E-state index contributed by atoms with van der Waals surface area (Å²) in [5.41, 5.74) is 2.74. The van der Waals surface area contributed by atoms with Gasteiger partial charge in [0.2, 0.25) is 5.91 Å². The van der Waals surface area contributed by atoms with Crippen molar-refractivity contribution >= 4 is 58.1 Å². The zero-order valence-electron chi connectivity index (χ0n) is 23.6. The minimum atomic E-state index is -0.636. The fourth-order valence-corrected chi connectivity index (χ4v) is 5.25. The van der Waals surface area contributed by atoms with Crippen LogP contribution < -0.4 is 14.8 Å². The second-order valence-corrected chi connectivity index (χ2v) is 10.6. The third-order valence-corrected chi connectivity index (χ3v) is 7.42. The van der Waals surface area contributed by atoms with Crippen LogP contribution >= 0.6 is 23.4 Å². The molecule has 0 aliphatic carbocycles. The number of carbonyl (C=O) groups is 4. The molecule has 222 valence electrons. The second-order valence-electron chi connectivity index (χ2n) is 9.21. The summed E-state index contributed by atoms with van der Waals surface area (Å²) in [5, 5.41) is 2.16. The van der Waals surface area contributed by atoms with E-state index in [9.17, 15) is 19.2 Å². The third-order valence-electron chi connectivity index (χ3n) is 6.18. The summed E-state index contributed by atoms with van der Waals surface area (Å²) in [7, 11) is 1.52. The number of nitrogens with zero attached hydrogens (tertiary/aromatic N) is 1. The van der Waals surface area contributed by atoms with Crippen LogP contribution in [0.15, 0.2) is 78.2 Å². The molecule has 0 unspecified atom stereocenters. The van der Waals surface area contributed by atoms with Gasteiger partial charge in [-0.25, -0.2) is 4.79 Å². The number of thioether (sulfide) groups is 1. The van der Waals surface area contributed by atoms with Crippen molar-refractivity contribution in [2.45, 2.75) is 20.0 Å². The lowest BCUT2D eigenvalue weighted by Gasteiger charge is -2.16. The van der Waals surface area contributed by atoms with E-state index in [0.29, 0.717) is 30.1 Å². The van der Waals surface area contributed by atoms with E-state index in [0.717, 1.165) is 27.8 Å². The third kappa shape index (κ3) is 7.85. The average Bonchev–Trinajstić information content (AvgIpc) is 3.25. The zero-order valence-corrected chi connectivity index (χ0v) is 25.1. The lowest BCUT2D eigenvalue weighted by molar-refractivity contribution is -0.127. The van der Waals surface area contributed by atoms with Crippen LogP contribution in [0.25, 0.3) is 6.08 Å². The summed E-state index contributed by atoms with van der Waals surface area (Å²) >= 11 is 6.81. The van der Waals surface area contributed by atoms with Gasteiger partial charge in [0, 0.05) is 11.3 Å². The minimum Gasteiger partial charge on any atom is -0.493 e. The second kappa shape index (κ2) is 14.6. The van der Waals surface area contributed by atoms with Crippen molar-refractivity contribution in [3.8, 4) is 11.5 Å². The highest BCUT2D eigenvalue weighted by atomic mass is 35.5. The normalized spacial score (nSPS) is 13.7. The van der Waals surface area contributed by atoms with Gasteiger partial charge in [-0.3, -0.25) is 19.3 Å². The Morgan fingerprint density at radius 1 is 1.09 bits per heavy atom. The number of methoxy groups -OCH3 is 1. The molecule has 0 aromatic heterocycles. The Kier molecular flexibility index (Phi) is 10.6. The first-order chi connectivity index (χ1) is 20.7. The molecule has 1 N–H and O–H groups in total. The number of carbonyl (C=O) groups excluding carboxylic acids is 4. The number of nitrogens with one attached hydrogen (secondary N) is 1. The van der Waals surface area contributed by atoms with Crippen LogP contribution in [0.5, 0.6) is 11.5 Å². The van der Waals surface area contributed by atoms with Crippen LogP contribution in [0.3, 0.4) is 0 Å². The summed E-state index contributed by atoms with van der Waals surface area (Å²) < 4.78 is 16.7. The number of rotatable bonds is 12. The van der Waals surface area contributed by atoms with Crippen molar-refractivity contribution in [3.63, 3.8) is 0 Å². The summed E-state index contributed by atoms with van der Waals surface area (Å²) in [4.78, 5) is 51.7. The highest BCUT2D eigenvalue weighted by molar-refractivity contribution is 8.18. The zero-order chi connectivity index (χ0) is 30.9. The molecular formula is C32H29ClN2O7S. The Balaban J connectivity index is 1.49. The van der Waals surface area contributed by atoms with E-state index >= 15 is 0 Å². The van der Waals surface area contributed by atoms with Gasteiger partial charge in [-0.1, -0.05) is 48.0 Å². The number of hydrogen-bond acceptors (Lipinski definition) is 8. The summed E-state index contributed by atoms with van der Waals surface area (Å²) in [6.07, 6.45) is 3.78. The molecule has 4 rings (SSSR count). The molecule has 11 heteroatoms. The van der Waals surface area contributed by atoms with Crippen LogP contribution in [0.4, 0.5) is 10.5 Å². The molecule has 1 aliphatic heterocycles. The smallest absolute Gasteiger partial charge is 0.339 e. The van der Waals surface area contributed by atoms with Crippen molar-refractivity contribution < 1.29 is 33.4 Å². The predicted octanol–water partition coefficient (Wildman–Crippen LogP) is 6.51. The van der Waals surface area contributed by atoms with Gasteiger partial charge < -0.3 is 19.5 Å². The lowest BCUT2D eigenvalue weighted by atomic mass is 10.0. The van der Waals surface area contributed by atoms with Gasteiger partial charge in [-0.05, 0) is 72.6 Å². The highest BCUT2D eigenvalue weighted by Gasteiger charge is 2.36. The molecule has 0 spiro atoms. The van der Waals surface area contributed by atoms with Gasteiger partial charge in [0.25, 0.3) is 11.1 Å². The number of ether oxygens (including phenoxy) is 3. The maximum absolute atomic E-state index is 13.1. The number of benzene rings is 3. The average molecular weight is 621 g/mol. The lowest BCUT2D eigenvalue weighted by Crippen LogP contribution is -2.36. The Morgan fingerprint density at radius 2 is 1.86 bits per heavy atom. The van der Waals surface area contributed by atoms with Crippen molar-refractivity contribution in [2.75, 3.05) is 25.6 Å².